The van der Waals surface area contributed by atoms with Crippen LogP contribution in [-0.2, 0) is 0 Å². The van der Waals surface area contributed by atoms with Gasteiger partial charge in [0.25, 0.3) is 0 Å². The van der Waals surface area contributed by atoms with E-state index in [0.717, 1.165) is 41.7 Å². The molecular weight excluding hydrogens is 248 g/mol. The van der Waals surface area contributed by atoms with Gasteiger partial charge in [-0.1, -0.05) is 6.07 Å². The van der Waals surface area contributed by atoms with Crippen LogP contribution in [0.4, 0.5) is 0 Å². The number of hydrogen-bond donors (Lipinski definition) is 1. The van der Waals surface area contributed by atoms with Crippen LogP contribution in [0, 0.1) is 12.8 Å². The summed E-state index contributed by atoms with van der Waals surface area (Å²) in [7, 11) is 0. The number of piperidine rings is 1. The molecule has 0 spiro atoms. The van der Waals surface area contributed by atoms with Gasteiger partial charge >= 0.3 is 0 Å². The summed E-state index contributed by atoms with van der Waals surface area (Å²) in [5, 5.41) is 4.41. The second-order valence-corrected chi connectivity index (χ2v) is 5.70. The minimum Gasteiger partial charge on any atom is -0.316 e. The van der Waals surface area contributed by atoms with Gasteiger partial charge in [-0.15, -0.1) is 0 Å². The van der Waals surface area contributed by atoms with Gasteiger partial charge < -0.3 is 5.32 Å². The molecule has 1 saturated heterocycles. The molecule has 1 aliphatic heterocycles. The molecule has 0 bridgehead atoms. The molecular formula is C17H20N2O. The number of nitrogens with one attached hydrogen (secondary N) is 1. The number of fused-ring (bicyclic) bond motifs is 1. The number of nitrogens with zero attached hydrogens (tertiary/aromatic N) is 1. The number of carbonyl (C=O) groups is 1. The van der Waals surface area contributed by atoms with Crippen LogP contribution in [0.25, 0.3) is 10.9 Å². The molecule has 1 atom stereocenters. The first-order valence-electron chi connectivity index (χ1n) is 7.34. The molecule has 0 amide bonds. The molecule has 0 radical (unpaired) electrons. The van der Waals surface area contributed by atoms with Gasteiger partial charge in [0, 0.05) is 23.1 Å². The molecule has 2 aromatic rings. The van der Waals surface area contributed by atoms with Crippen molar-refractivity contribution in [2.45, 2.75) is 26.2 Å². The second-order valence-electron chi connectivity index (χ2n) is 5.70. The van der Waals surface area contributed by atoms with E-state index in [9.17, 15) is 4.79 Å². The van der Waals surface area contributed by atoms with E-state index in [2.05, 4.69) is 10.3 Å². The average molecular weight is 268 g/mol. The number of carbonyl (C=O) groups excluding carboxylic acids is 1. The topological polar surface area (TPSA) is 42.0 Å². The van der Waals surface area contributed by atoms with Crippen LogP contribution in [0.1, 0.15) is 35.3 Å². The zero-order valence-electron chi connectivity index (χ0n) is 11.9. The predicted octanol–water partition coefficient (Wildman–Crippen LogP) is 3.12. The van der Waals surface area contributed by atoms with E-state index in [1.807, 2.05) is 37.3 Å². The fourth-order valence-electron chi connectivity index (χ4n) is 2.88. The molecule has 1 N–H and O–H groups in total. The maximum atomic E-state index is 12.4. The van der Waals surface area contributed by atoms with Crippen molar-refractivity contribution in [3.05, 3.63) is 41.6 Å². The van der Waals surface area contributed by atoms with Gasteiger partial charge in [-0.05, 0) is 63.0 Å². The molecule has 1 aromatic heterocycles. The van der Waals surface area contributed by atoms with E-state index in [-0.39, 0.29) is 5.78 Å². The number of aryl methyl sites for hydroxylation is 1. The summed E-state index contributed by atoms with van der Waals surface area (Å²) in [4.78, 5) is 16.8. The van der Waals surface area contributed by atoms with Crippen molar-refractivity contribution in [2.75, 3.05) is 13.1 Å². The van der Waals surface area contributed by atoms with Gasteiger partial charge in [0.2, 0.25) is 0 Å². The van der Waals surface area contributed by atoms with E-state index in [1.165, 1.54) is 6.42 Å². The van der Waals surface area contributed by atoms with Gasteiger partial charge in [0.15, 0.2) is 5.78 Å². The molecule has 104 valence electrons. The van der Waals surface area contributed by atoms with Gasteiger partial charge in [0.05, 0.1) is 5.52 Å². The highest BCUT2D eigenvalue weighted by Crippen LogP contribution is 2.20. The first-order chi connectivity index (χ1) is 9.72. The third-order valence-corrected chi connectivity index (χ3v) is 4.02. The van der Waals surface area contributed by atoms with E-state index >= 15 is 0 Å². The number of pyridine rings is 1. The summed E-state index contributed by atoms with van der Waals surface area (Å²) < 4.78 is 0. The quantitative estimate of drug-likeness (QED) is 0.870. The molecule has 3 nitrogen and oxygen atoms in total. The highest BCUT2D eigenvalue weighted by molar-refractivity contribution is 5.99. The molecule has 3 rings (SSSR count). The van der Waals surface area contributed by atoms with E-state index in [4.69, 9.17) is 0 Å². The Hall–Kier alpha value is -1.74. The lowest BCUT2D eigenvalue weighted by Crippen LogP contribution is -2.31. The standard InChI is InChI=1S/C17H20N2O/c1-12-4-5-14-10-15(6-7-16(14)19-12)17(20)9-13-3-2-8-18-11-13/h4-7,10,13,18H,2-3,8-9,11H2,1H3. The molecule has 1 aliphatic rings. The molecule has 0 saturated carbocycles. The summed E-state index contributed by atoms with van der Waals surface area (Å²) in [5.74, 6) is 0.740. The van der Waals surface area contributed by atoms with Crippen molar-refractivity contribution >= 4 is 16.7 Å². The van der Waals surface area contributed by atoms with Crippen molar-refractivity contribution < 1.29 is 4.79 Å². The predicted molar refractivity (Wildman–Crippen MR) is 81.0 cm³/mol. The highest BCUT2D eigenvalue weighted by Gasteiger charge is 2.17. The molecule has 1 aromatic carbocycles. The van der Waals surface area contributed by atoms with Crippen LogP contribution in [0.15, 0.2) is 30.3 Å². The Bertz CT molecular complexity index is 630. The van der Waals surface area contributed by atoms with Gasteiger partial charge in [-0.25, -0.2) is 0 Å². The van der Waals surface area contributed by atoms with Crippen LogP contribution in [0.3, 0.4) is 0 Å². The zero-order valence-corrected chi connectivity index (χ0v) is 11.9. The Morgan fingerprint density at radius 1 is 1.35 bits per heavy atom. The zero-order chi connectivity index (χ0) is 13.9. The number of ketones is 1. The molecule has 1 fully saturated rings. The Morgan fingerprint density at radius 3 is 3.05 bits per heavy atom. The largest absolute Gasteiger partial charge is 0.316 e. The monoisotopic (exact) mass is 268 g/mol. The van der Waals surface area contributed by atoms with E-state index < -0.39 is 0 Å². The number of aromatic nitrogens is 1. The maximum Gasteiger partial charge on any atom is 0.163 e. The Kier molecular flexibility index (Phi) is 3.79. The van der Waals surface area contributed by atoms with E-state index in [0.29, 0.717) is 12.3 Å². The minimum absolute atomic E-state index is 0.251. The minimum atomic E-state index is 0.251. The van der Waals surface area contributed by atoms with Crippen LogP contribution in [0.5, 0.6) is 0 Å². The third kappa shape index (κ3) is 2.88. The Morgan fingerprint density at radius 2 is 2.25 bits per heavy atom. The third-order valence-electron chi connectivity index (χ3n) is 4.02. The van der Waals surface area contributed by atoms with Crippen molar-refractivity contribution in [1.29, 1.82) is 0 Å². The number of rotatable bonds is 3. The summed E-state index contributed by atoms with van der Waals surface area (Å²) >= 11 is 0. The Balaban J connectivity index is 1.78. The lowest BCUT2D eigenvalue weighted by Gasteiger charge is -2.21. The maximum absolute atomic E-state index is 12.4. The highest BCUT2D eigenvalue weighted by atomic mass is 16.1. The summed E-state index contributed by atoms with van der Waals surface area (Å²) in [5.41, 5.74) is 2.78. The van der Waals surface area contributed by atoms with Gasteiger partial charge in [0.1, 0.15) is 0 Å². The molecule has 2 heterocycles. The fraction of sp³-hybridized carbons (Fsp3) is 0.412. The number of benzene rings is 1. The smallest absolute Gasteiger partial charge is 0.163 e. The van der Waals surface area contributed by atoms with E-state index in [1.54, 1.807) is 0 Å². The normalized spacial score (nSPS) is 19.1. The molecule has 1 unspecified atom stereocenters. The first kappa shape index (κ1) is 13.3. The lowest BCUT2D eigenvalue weighted by atomic mass is 9.91. The lowest BCUT2D eigenvalue weighted by molar-refractivity contribution is 0.0954. The van der Waals surface area contributed by atoms with Gasteiger partial charge in [-0.2, -0.15) is 0 Å². The number of Topliss-reactive ketones (excluding diaryl/α,β-unsaturated/α-hetero) is 1. The van der Waals surface area contributed by atoms with Crippen LogP contribution >= 0.6 is 0 Å². The second kappa shape index (κ2) is 5.71. The average Bonchev–Trinajstić information content (AvgIpc) is 2.47. The summed E-state index contributed by atoms with van der Waals surface area (Å²) in [6.45, 7) is 4.04. The number of hydrogen-bond acceptors (Lipinski definition) is 3. The van der Waals surface area contributed by atoms with Crippen LogP contribution in [-0.4, -0.2) is 23.9 Å². The van der Waals surface area contributed by atoms with Crippen molar-refractivity contribution in [2.24, 2.45) is 5.92 Å². The SMILES string of the molecule is Cc1ccc2cc(C(=O)CC3CCCNC3)ccc2n1. The van der Waals surface area contributed by atoms with Crippen molar-refractivity contribution in [3.8, 4) is 0 Å². The van der Waals surface area contributed by atoms with Crippen LogP contribution in [0.2, 0.25) is 0 Å². The summed E-state index contributed by atoms with van der Waals surface area (Å²) in [6, 6.07) is 9.86. The fourth-order valence-corrected chi connectivity index (χ4v) is 2.88. The molecule has 0 aliphatic carbocycles. The van der Waals surface area contributed by atoms with Crippen LogP contribution < -0.4 is 5.32 Å². The summed E-state index contributed by atoms with van der Waals surface area (Å²) in [6.07, 6.45) is 2.99. The Labute approximate surface area is 119 Å². The van der Waals surface area contributed by atoms with Crippen molar-refractivity contribution in [3.63, 3.8) is 0 Å². The van der Waals surface area contributed by atoms with Crippen molar-refractivity contribution in [1.82, 2.24) is 10.3 Å². The molecule has 3 heteroatoms. The first-order valence-corrected chi connectivity index (χ1v) is 7.34. The molecule has 20 heavy (non-hydrogen) atoms. The van der Waals surface area contributed by atoms with Gasteiger partial charge in [-0.3, -0.25) is 9.78 Å².